The van der Waals surface area contributed by atoms with Crippen LogP contribution in [0.5, 0.6) is 11.5 Å². The fraction of sp³-hybridized carbons (Fsp3) is 0.675. The van der Waals surface area contributed by atoms with Gasteiger partial charge in [0, 0.05) is 0 Å². The molecule has 0 aromatic heterocycles. The van der Waals surface area contributed by atoms with E-state index >= 15 is 0 Å². The molecule has 3 nitrogen and oxygen atoms in total. The minimum Gasteiger partial charge on any atom is -0.494 e. The molecule has 0 amide bonds. The quantitative estimate of drug-likeness (QED) is 0.0733. The van der Waals surface area contributed by atoms with E-state index in [0.717, 1.165) is 37.0 Å². The van der Waals surface area contributed by atoms with E-state index in [9.17, 15) is 4.79 Å². The average molecular weight is 591 g/mol. The molecule has 0 N–H and O–H groups in total. The van der Waals surface area contributed by atoms with Crippen LogP contribution in [0.1, 0.15) is 165 Å². The third-order valence-corrected chi connectivity index (χ3v) is 9.51. The Morgan fingerprint density at radius 1 is 0.581 bits per heavy atom. The molecule has 43 heavy (non-hydrogen) atoms. The number of rotatable bonds is 23. The number of carbonyl (C=O) groups is 1. The second-order valence-corrected chi connectivity index (χ2v) is 13.2. The van der Waals surface area contributed by atoms with Crippen LogP contribution in [0.2, 0.25) is 0 Å². The second-order valence-electron chi connectivity index (χ2n) is 13.2. The Morgan fingerprint density at radius 3 is 1.65 bits per heavy atom. The van der Waals surface area contributed by atoms with Crippen LogP contribution in [-0.2, 0) is 6.42 Å². The maximum absolute atomic E-state index is 12.7. The van der Waals surface area contributed by atoms with Gasteiger partial charge in [-0.3, -0.25) is 0 Å². The molecular formula is C40H62O3. The smallest absolute Gasteiger partial charge is 0.343 e. The molecule has 0 spiro atoms. The van der Waals surface area contributed by atoms with Gasteiger partial charge in [-0.25, -0.2) is 4.79 Å². The zero-order valence-corrected chi connectivity index (χ0v) is 27.8. The van der Waals surface area contributed by atoms with E-state index in [2.05, 4.69) is 26.0 Å². The second kappa shape index (κ2) is 22.3. The Labute approximate surface area is 264 Å². The molecule has 3 heteroatoms. The predicted molar refractivity (Wildman–Crippen MR) is 182 cm³/mol. The highest BCUT2D eigenvalue weighted by Crippen LogP contribution is 2.34. The SMILES string of the molecule is CCCCCCCCCCCCOc1ccc(C(=O)Oc2ccc(CCC3CCC(CCCCCCC)CC3)cc2)cc1. The summed E-state index contributed by atoms with van der Waals surface area (Å²) in [5.74, 6) is 2.94. The number of hydrogen-bond donors (Lipinski definition) is 0. The fourth-order valence-electron chi connectivity index (χ4n) is 6.57. The first-order valence-corrected chi connectivity index (χ1v) is 18.2. The summed E-state index contributed by atoms with van der Waals surface area (Å²) in [6, 6.07) is 15.5. The monoisotopic (exact) mass is 590 g/mol. The molecule has 0 bridgehead atoms. The van der Waals surface area contributed by atoms with Crippen molar-refractivity contribution in [1.29, 1.82) is 0 Å². The van der Waals surface area contributed by atoms with E-state index < -0.39 is 0 Å². The molecule has 1 aliphatic carbocycles. The third-order valence-electron chi connectivity index (χ3n) is 9.51. The van der Waals surface area contributed by atoms with Gasteiger partial charge in [-0.2, -0.15) is 0 Å². The molecule has 2 aromatic rings. The first kappa shape index (κ1) is 35.2. The highest BCUT2D eigenvalue weighted by Gasteiger charge is 2.20. The van der Waals surface area contributed by atoms with Gasteiger partial charge in [0.1, 0.15) is 11.5 Å². The number of esters is 1. The number of hydrogen-bond acceptors (Lipinski definition) is 3. The van der Waals surface area contributed by atoms with Gasteiger partial charge >= 0.3 is 5.97 Å². The van der Waals surface area contributed by atoms with Crippen molar-refractivity contribution in [3.05, 3.63) is 59.7 Å². The van der Waals surface area contributed by atoms with Gasteiger partial charge in [0.15, 0.2) is 0 Å². The minimum absolute atomic E-state index is 0.323. The zero-order chi connectivity index (χ0) is 30.4. The summed E-state index contributed by atoms with van der Waals surface area (Å²) < 4.78 is 11.5. The molecule has 0 saturated heterocycles. The van der Waals surface area contributed by atoms with Crippen molar-refractivity contribution in [3.63, 3.8) is 0 Å². The fourth-order valence-corrected chi connectivity index (χ4v) is 6.57. The Balaban J connectivity index is 1.24. The summed E-state index contributed by atoms with van der Waals surface area (Å²) in [7, 11) is 0. The number of carbonyl (C=O) groups excluding carboxylic acids is 1. The Hall–Kier alpha value is -2.29. The van der Waals surface area contributed by atoms with Gasteiger partial charge in [0.05, 0.1) is 12.2 Å². The molecule has 0 heterocycles. The van der Waals surface area contributed by atoms with E-state index in [1.54, 1.807) is 12.1 Å². The Kier molecular flexibility index (Phi) is 18.2. The molecule has 1 aliphatic rings. The maximum atomic E-state index is 12.7. The first-order valence-electron chi connectivity index (χ1n) is 18.2. The normalized spacial score (nSPS) is 16.7. The molecular weight excluding hydrogens is 528 g/mol. The summed E-state index contributed by atoms with van der Waals surface area (Å²) in [6.45, 7) is 5.29. The van der Waals surface area contributed by atoms with E-state index in [4.69, 9.17) is 9.47 Å². The van der Waals surface area contributed by atoms with Crippen LogP contribution in [0.25, 0.3) is 0 Å². The van der Waals surface area contributed by atoms with E-state index in [0.29, 0.717) is 11.3 Å². The van der Waals surface area contributed by atoms with Crippen molar-refractivity contribution in [2.45, 2.75) is 155 Å². The van der Waals surface area contributed by atoms with E-state index in [1.807, 2.05) is 24.3 Å². The van der Waals surface area contributed by atoms with Crippen molar-refractivity contribution in [2.24, 2.45) is 11.8 Å². The van der Waals surface area contributed by atoms with Crippen molar-refractivity contribution in [1.82, 2.24) is 0 Å². The third kappa shape index (κ3) is 15.3. The van der Waals surface area contributed by atoms with Gasteiger partial charge in [-0.05, 0) is 73.1 Å². The molecule has 0 aliphatic heterocycles. The number of ether oxygens (including phenoxy) is 2. The minimum atomic E-state index is -0.323. The number of unbranched alkanes of at least 4 members (excludes halogenated alkanes) is 13. The van der Waals surface area contributed by atoms with Gasteiger partial charge in [0.25, 0.3) is 0 Å². The van der Waals surface area contributed by atoms with Crippen LogP contribution in [0.3, 0.4) is 0 Å². The standard InChI is InChI=1S/C40H62O3/c1-3-5-7-9-10-11-12-13-15-17-33-42-38-31-27-37(28-32-38)40(41)43-39-29-25-36(26-30-39)24-23-35-21-19-34(20-22-35)18-16-14-8-6-4-2/h25-32,34-35H,3-24,33H2,1-2H3. The summed E-state index contributed by atoms with van der Waals surface area (Å²) in [4.78, 5) is 12.7. The van der Waals surface area contributed by atoms with Gasteiger partial charge in [0.2, 0.25) is 0 Å². The molecule has 0 unspecified atom stereocenters. The summed E-state index contributed by atoms with van der Waals surface area (Å²) in [5, 5.41) is 0. The molecule has 0 radical (unpaired) electrons. The highest BCUT2D eigenvalue weighted by molar-refractivity contribution is 5.91. The molecule has 2 aromatic carbocycles. The lowest BCUT2D eigenvalue weighted by atomic mass is 9.78. The summed E-state index contributed by atoms with van der Waals surface area (Å²) in [5.41, 5.74) is 1.88. The molecule has 0 atom stereocenters. The largest absolute Gasteiger partial charge is 0.494 e. The molecule has 1 saturated carbocycles. The van der Waals surface area contributed by atoms with Gasteiger partial charge in [-0.15, -0.1) is 0 Å². The Bertz CT molecular complexity index is 956. The first-order chi connectivity index (χ1) is 21.2. The summed E-state index contributed by atoms with van der Waals surface area (Å²) >= 11 is 0. The van der Waals surface area contributed by atoms with Crippen LogP contribution in [0, 0.1) is 11.8 Å². The lowest BCUT2D eigenvalue weighted by Gasteiger charge is -2.28. The van der Waals surface area contributed by atoms with Crippen LogP contribution >= 0.6 is 0 Å². The number of aryl methyl sites for hydroxylation is 1. The summed E-state index contributed by atoms with van der Waals surface area (Å²) in [6.07, 6.45) is 29.7. The van der Waals surface area contributed by atoms with Gasteiger partial charge in [-0.1, -0.05) is 148 Å². The van der Waals surface area contributed by atoms with Crippen molar-refractivity contribution < 1.29 is 14.3 Å². The van der Waals surface area contributed by atoms with Crippen molar-refractivity contribution in [3.8, 4) is 11.5 Å². The molecule has 1 fully saturated rings. The van der Waals surface area contributed by atoms with Crippen LogP contribution < -0.4 is 9.47 Å². The average Bonchev–Trinajstić information content (AvgIpc) is 3.04. The van der Waals surface area contributed by atoms with Crippen LogP contribution in [-0.4, -0.2) is 12.6 Å². The molecule has 3 rings (SSSR count). The predicted octanol–water partition coefficient (Wildman–Crippen LogP) is 12.3. The Morgan fingerprint density at radius 2 is 1.07 bits per heavy atom. The van der Waals surface area contributed by atoms with E-state index in [1.165, 1.54) is 134 Å². The lowest BCUT2D eigenvalue weighted by Crippen LogP contribution is -2.15. The number of benzene rings is 2. The molecule has 240 valence electrons. The van der Waals surface area contributed by atoms with Gasteiger partial charge < -0.3 is 9.47 Å². The zero-order valence-electron chi connectivity index (χ0n) is 27.8. The lowest BCUT2D eigenvalue weighted by molar-refractivity contribution is 0.0734. The maximum Gasteiger partial charge on any atom is 0.343 e. The topological polar surface area (TPSA) is 35.5 Å². The van der Waals surface area contributed by atoms with E-state index in [-0.39, 0.29) is 5.97 Å². The highest BCUT2D eigenvalue weighted by atomic mass is 16.5. The van der Waals surface area contributed by atoms with Crippen molar-refractivity contribution in [2.75, 3.05) is 6.61 Å². The van der Waals surface area contributed by atoms with Crippen LogP contribution in [0.15, 0.2) is 48.5 Å². The van der Waals surface area contributed by atoms with Crippen LogP contribution in [0.4, 0.5) is 0 Å². The van der Waals surface area contributed by atoms with Crippen molar-refractivity contribution >= 4 is 5.97 Å².